The van der Waals surface area contributed by atoms with Crippen LogP contribution in [0.1, 0.15) is 39.0 Å². The van der Waals surface area contributed by atoms with Gasteiger partial charge in [-0.15, -0.1) is 0 Å². The van der Waals surface area contributed by atoms with Crippen molar-refractivity contribution in [1.29, 1.82) is 0 Å². The molecule has 0 amide bonds. The number of fused-ring (bicyclic) bond motifs is 1. The van der Waals surface area contributed by atoms with Crippen molar-refractivity contribution in [2.75, 3.05) is 19.6 Å². The summed E-state index contributed by atoms with van der Waals surface area (Å²) in [5.41, 5.74) is 0. The van der Waals surface area contributed by atoms with E-state index in [4.69, 9.17) is 0 Å². The van der Waals surface area contributed by atoms with Gasteiger partial charge in [-0.25, -0.2) is 0 Å². The fraction of sp³-hybridized carbons (Fsp3) is 1.00. The molecule has 0 radical (unpaired) electrons. The van der Waals surface area contributed by atoms with Crippen LogP contribution in [0.5, 0.6) is 0 Å². The van der Waals surface area contributed by atoms with Gasteiger partial charge in [0.2, 0.25) is 0 Å². The highest BCUT2D eigenvalue weighted by Gasteiger charge is 2.40. The van der Waals surface area contributed by atoms with Crippen LogP contribution in [-0.2, 0) is 0 Å². The number of hydrogen-bond donors (Lipinski definition) is 1. The van der Waals surface area contributed by atoms with E-state index in [9.17, 15) is 0 Å². The van der Waals surface area contributed by atoms with Crippen LogP contribution in [0.15, 0.2) is 0 Å². The lowest BCUT2D eigenvalue weighted by molar-refractivity contribution is 0.221. The summed E-state index contributed by atoms with van der Waals surface area (Å²) in [6, 6.07) is 1.66. The Labute approximate surface area is 93.4 Å². The SMILES string of the molecule is CC1CCCN1CC1NCC2CCCC21. The van der Waals surface area contributed by atoms with E-state index >= 15 is 0 Å². The smallest absolute Gasteiger partial charge is 0.0226 e. The Balaban J connectivity index is 1.59. The van der Waals surface area contributed by atoms with E-state index in [1.165, 1.54) is 51.7 Å². The van der Waals surface area contributed by atoms with Gasteiger partial charge in [-0.3, -0.25) is 4.90 Å². The first-order valence-electron chi connectivity index (χ1n) is 6.82. The summed E-state index contributed by atoms with van der Waals surface area (Å²) in [4.78, 5) is 2.71. The second-order valence-corrected chi connectivity index (χ2v) is 5.86. The van der Waals surface area contributed by atoms with Crippen molar-refractivity contribution in [2.24, 2.45) is 11.8 Å². The van der Waals surface area contributed by atoms with Crippen LogP contribution in [0.2, 0.25) is 0 Å². The van der Waals surface area contributed by atoms with Crippen LogP contribution < -0.4 is 5.32 Å². The Morgan fingerprint density at radius 3 is 2.93 bits per heavy atom. The fourth-order valence-corrected chi connectivity index (χ4v) is 4.02. The quantitative estimate of drug-likeness (QED) is 0.745. The molecule has 86 valence electrons. The average Bonchev–Trinajstić information content (AvgIpc) is 2.86. The second kappa shape index (κ2) is 4.06. The predicted octanol–water partition coefficient (Wildman–Crippen LogP) is 1.86. The third kappa shape index (κ3) is 1.83. The third-order valence-electron chi connectivity index (χ3n) is 5.00. The van der Waals surface area contributed by atoms with Crippen LogP contribution in [0.25, 0.3) is 0 Å². The highest BCUT2D eigenvalue weighted by atomic mass is 15.2. The molecule has 1 N–H and O–H groups in total. The molecule has 2 aliphatic heterocycles. The minimum atomic E-state index is 0.818. The van der Waals surface area contributed by atoms with Gasteiger partial charge in [-0.2, -0.15) is 0 Å². The molecule has 3 rings (SSSR count). The van der Waals surface area contributed by atoms with Crippen molar-refractivity contribution in [3.63, 3.8) is 0 Å². The van der Waals surface area contributed by atoms with Gasteiger partial charge in [0.05, 0.1) is 0 Å². The van der Waals surface area contributed by atoms with Gasteiger partial charge in [-0.05, 0) is 57.5 Å². The van der Waals surface area contributed by atoms with Crippen LogP contribution >= 0.6 is 0 Å². The molecule has 3 aliphatic rings. The zero-order valence-electron chi connectivity index (χ0n) is 9.91. The fourth-order valence-electron chi connectivity index (χ4n) is 4.02. The van der Waals surface area contributed by atoms with Crippen molar-refractivity contribution in [3.8, 4) is 0 Å². The average molecular weight is 208 g/mol. The maximum atomic E-state index is 3.76. The lowest BCUT2D eigenvalue weighted by atomic mass is 9.94. The van der Waals surface area contributed by atoms with E-state index < -0.39 is 0 Å². The standard InChI is InChI=1S/C13H24N2/c1-10-4-3-7-15(10)9-13-12-6-2-5-11(12)8-14-13/h10-14H,2-9H2,1H3. The summed E-state index contributed by atoms with van der Waals surface area (Å²) in [6.45, 7) is 6.37. The topological polar surface area (TPSA) is 15.3 Å². The van der Waals surface area contributed by atoms with Crippen LogP contribution in [-0.4, -0.2) is 36.6 Å². The van der Waals surface area contributed by atoms with E-state index in [1.54, 1.807) is 0 Å². The Kier molecular flexibility index (Phi) is 2.73. The summed E-state index contributed by atoms with van der Waals surface area (Å²) in [6.07, 6.45) is 7.31. The predicted molar refractivity (Wildman–Crippen MR) is 62.9 cm³/mol. The first-order valence-corrected chi connectivity index (χ1v) is 6.82. The molecule has 0 aromatic carbocycles. The Morgan fingerprint density at radius 2 is 2.13 bits per heavy atom. The summed E-state index contributed by atoms with van der Waals surface area (Å²) in [7, 11) is 0. The van der Waals surface area contributed by atoms with E-state index in [1.807, 2.05) is 0 Å². The van der Waals surface area contributed by atoms with Crippen LogP contribution in [0.4, 0.5) is 0 Å². The number of hydrogen-bond acceptors (Lipinski definition) is 2. The molecule has 0 bridgehead atoms. The molecule has 2 nitrogen and oxygen atoms in total. The summed E-state index contributed by atoms with van der Waals surface area (Å²) in [5.74, 6) is 2.03. The van der Waals surface area contributed by atoms with Gasteiger partial charge in [0.1, 0.15) is 0 Å². The van der Waals surface area contributed by atoms with Crippen molar-refractivity contribution >= 4 is 0 Å². The Bertz CT molecular complexity index is 229. The first-order chi connectivity index (χ1) is 7.34. The van der Waals surface area contributed by atoms with Gasteiger partial charge in [0.25, 0.3) is 0 Å². The largest absolute Gasteiger partial charge is 0.312 e. The maximum absolute atomic E-state index is 3.76. The Hall–Kier alpha value is -0.0800. The van der Waals surface area contributed by atoms with E-state index in [0.717, 1.165) is 23.9 Å². The summed E-state index contributed by atoms with van der Waals surface area (Å²) in [5, 5.41) is 3.76. The molecule has 0 aromatic rings. The van der Waals surface area contributed by atoms with Crippen molar-refractivity contribution < 1.29 is 0 Å². The molecule has 1 saturated carbocycles. The molecule has 2 heterocycles. The van der Waals surface area contributed by atoms with Crippen molar-refractivity contribution in [2.45, 2.75) is 51.1 Å². The van der Waals surface area contributed by atoms with Gasteiger partial charge >= 0.3 is 0 Å². The molecule has 1 aliphatic carbocycles. The zero-order chi connectivity index (χ0) is 10.3. The molecule has 0 aromatic heterocycles. The highest BCUT2D eigenvalue weighted by molar-refractivity contribution is 4.96. The normalized spacial score (nSPS) is 46.2. The first kappa shape index (κ1) is 10.1. The molecule has 4 atom stereocenters. The number of nitrogens with zero attached hydrogens (tertiary/aromatic N) is 1. The van der Waals surface area contributed by atoms with Gasteiger partial charge < -0.3 is 5.32 Å². The molecule has 3 fully saturated rings. The zero-order valence-corrected chi connectivity index (χ0v) is 9.91. The molecular formula is C13H24N2. The van der Waals surface area contributed by atoms with E-state index in [2.05, 4.69) is 17.1 Å². The van der Waals surface area contributed by atoms with Crippen LogP contribution in [0.3, 0.4) is 0 Å². The Morgan fingerprint density at radius 1 is 1.20 bits per heavy atom. The summed E-state index contributed by atoms with van der Waals surface area (Å²) >= 11 is 0. The van der Waals surface area contributed by atoms with E-state index in [0.29, 0.717) is 0 Å². The van der Waals surface area contributed by atoms with E-state index in [-0.39, 0.29) is 0 Å². The van der Waals surface area contributed by atoms with Gasteiger partial charge in [-0.1, -0.05) is 6.42 Å². The third-order valence-corrected chi connectivity index (χ3v) is 5.00. The summed E-state index contributed by atoms with van der Waals surface area (Å²) < 4.78 is 0. The minimum Gasteiger partial charge on any atom is -0.312 e. The maximum Gasteiger partial charge on any atom is 0.0226 e. The van der Waals surface area contributed by atoms with Gasteiger partial charge in [0, 0.05) is 18.6 Å². The lowest BCUT2D eigenvalue weighted by Crippen LogP contribution is -2.41. The molecular weight excluding hydrogens is 184 g/mol. The lowest BCUT2D eigenvalue weighted by Gasteiger charge is -2.27. The molecule has 2 heteroatoms. The van der Waals surface area contributed by atoms with Gasteiger partial charge in [0.15, 0.2) is 0 Å². The number of rotatable bonds is 2. The van der Waals surface area contributed by atoms with Crippen molar-refractivity contribution in [3.05, 3.63) is 0 Å². The van der Waals surface area contributed by atoms with Crippen molar-refractivity contribution in [1.82, 2.24) is 10.2 Å². The number of nitrogens with one attached hydrogen (secondary N) is 1. The van der Waals surface area contributed by atoms with Crippen LogP contribution in [0, 0.1) is 11.8 Å². The monoisotopic (exact) mass is 208 g/mol. The molecule has 4 unspecified atom stereocenters. The minimum absolute atomic E-state index is 0.818. The number of likely N-dealkylation sites (tertiary alicyclic amines) is 1. The second-order valence-electron chi connectivity index (χ2n) is 5.86. The molecule has 0 spiro atoms. The molecule has 2 saturated heterocycles. The molecule has 15 heavy (non-hydrogen) atoms. The highest BCUT2D eigenvalue weighted by Crippen LogP contribution is 2.38.